The van der Waals surface area contributed by atoms with Gasteiger partial charge >= 0.3 is 12.1 Å². The van der Waals surface area contributed by atoms with Crippen LogP contribution in [-0.2, 0) is 38.4 Å². The molecule has 0 spiro atoms. The summed E-state index contributed by atoms with van der Waals surface area (Å²) in [6, 6.07) is 52.4. The Morgan fingerprint density at radius 2 is 1.02 bits per heavy atom. The van der Waals surface area contributed by atoms with Crippen molar-refractivity contribution in [2.45, 2.75) is 77.5 Å². The van der Waals surface area contributed by atoms with Crippen molar-refractivity contribution in [2.75, 3.05) is 0 Å². The van der Waals surface area contributed by atoms with Crippen LogP contribution < -0.4 is 33.5 Å². The lowest BCUT2D eigenvalue weighted by Crippen LogP contribution is -2.51. The van der Waals surface area contributed by atoms with Gasteiger partial charge in [-0.05, 0) is 115 Å². The van der Waals surface area contributed by atoms with Crippen molar-refractivity contribution in [1.82, 2.24) is 34.4 Å². The summed E-state index contributed by atoms with van der Waals surface area (Å²) in [6.07, 6.45) is 13.1. The highest BCUT2D eigenvalue weighted by molar-refractivity contribution is 5.96. The Kier molecular flexibility index (Phi) is 18.4. The number of ether oxygens (including phenoxy) is 1. The Morgan fingerprint density at radius 3 is 1.42 bits per heavy atom. The third-order valence-electron chi connectivity index (χ3n) is 14.8. The van der Waals surface area contributed by atoms with Crippen molar-refractivity contribution in [3.63, 3.8) is 0 Å². The number of nitrogens with zero attached hydrogens (tertiary/aromatic N) is 6. The summed E-state index contributed by atoms with van der Waals surface area (Å²) in [7, 11) is 0. The molecule has 83 heavy (non-hydrogen) atoms. The summed E-state index contributed by atoms with van der Waals surface area (Å²) in [6.45, 7) is 0.727. The highest BCUT2D eigenvalue weighted by atomic mass is 16.5. The van der Waals surface area contributed by atoms with Gasteiger partial charge in [-0.3, -0.25) is 30.4 Å². The Labute approximate surface area is 480 Å². The van der Waals surface area contributed by atoms with Crippen LogP contribution in [0.2, 0.25) is 0 Å². The minimum atomic E-state index is -0.732. The molecule has 2 saturated carbocycles. The van der Waals surface area contributed by atoms with E-state index in [2.05, 4.69) is 56.4 Å². The maximum Gasteiger partial charge on any atom is 0.325 e. The second-order valence-electron chi connectivity index (χ2n) is 20.0. The minimum Gasteiger partial charge on any atom is -0.463 e. The first-order chi connectivity index (χ1) is 39.3. The standard InChI is InChI=1S/C32H28N6O2.C25H23N5O.C7H7NO2.2CH4/c33-28-14-13-26-27(38(28)31(34)40)19-25(22-7-2-1-3-8-22)30(36-26)23-9-11-24(12-10-23)32(15-5-16-32)37-29(39)18-21-6-4-17-35-20-21;26-22-12-11-20-21(30(22)24(27)31)15-19(16-5-2-1-3-6-16)23(29-20)17-7-9-18(10-8-17)25(28)13-4-14-25;9-6-10-5-7-2-1-3-8-4-7;;/h1-4,6-14,17,19-20,33H,5,15-16,18H2,(H2,34,40)(H,37,39);1-3,5-12,15,26H,4,13-14,28H2,(H2,27,31);1-4,6H,5H2;2*1H4. The van der Waals surface area contributed by atoms with Crippen LogP contribution in [0.15, 0.2) is 195 Å². The van der Waals surface area contributed by atoms with Crippen LogP contribution in [0.1, 0.15) is 75.6 Å². The number of benzene rings is 4. The van der Waals surface area contributed by atoms with Gasteiger partial charge in [-0.2, -0.15) is 0 Å². The van der Waals surface area contributed by atoms with Crippen LogP contribution in [-0.4, -0.2) is 53.5 Å². The molecule has 0 unspecified atom stereocenters. The Balaban J connectivity index is 0.000000186. The van der Waals surface area contributed by atoms with E-state index >= 15 is 0 Å². The van der Waals surface area contributed by atoms with Gasteiger partial charge in [0.1, 0.15) is 17.6 Å². The largest absolute Gasteiger partial charge is 0.463 e. The van der Waals surface area contributed by atoms with Gasteiger partial charge in [0.2, 0.25) is 5.91 Å². The third kappa shape index (κ3) is 12.9. The lowest BCUT2D eigenvalue weighted by atomic mass is 9.71. The minimum absolute atomic E-state index is 0. The molecule has 12 rings (SSSR count). The molecule has 0 saturated heterocycles. The maximum atomic E-state index is 12.9. The number of fused-ring (bicyclic) bond motifs is 2. The third-order valence-corrected chi connectivity index (χ3v) is 14.8. The van der Waals surface area contributed by atoms with E-state index in [0.29, 0.717) is 41.6 Å². The van der Waals surface area contributed by atoms with E-state index < -0.39 is 12.1 Å². The highest BCUT2D eigenvalue weighted by Gasteiger charge is 2.40. The molecular weight excluding hydrogens is 1040 g/mol. The number of carbonyl (C=O) groups excluding carboxylic acids is 4. The number of primary amides is 2. The van der Waals surface area contributed by atoms with E-state index in [4.69, 9.17) is 38.0 Å². The van der Waals surface area contributed by atoms with Crippen LogP contribution in [0.4, 0.5) is 9.59 Å². The van der Waals surface area contributed by atoms with Gasteiger partial charge in [-0.25, -0.2) is 28.7 Å². The Hall–Kier alpha value is -10.3. The summed E-state index contributed by atoms with van der Waals surface area (Å²) in [5.41, 5.74) is 30.2. The number of carbonyl (C=O) groups is 4. The molecule has 6 aromatic heterocycles. The molecule has 0 atom stereocenters. The zero-order chi connectivity index (χ0) is 56.5. The molecule has 2 aliphatic rings. The number of hydrogen-bond donors (Lipinski definition) is 6. The topological polar surface area (TPSA) is 277 Å². The molecule has 6 heterocycles. The molecule has 17 nitrogen and oxygen atoms in total. The predicted molar refractivity (Wildman–Crippen MR) is 323 cm³/mol. The second kappa shape index (κ2) is 25.9. The normalized spacial score (nSPS) is 13.3. The van der Waals surface area contributed by atoms with Crippen molar-refractivity contribution in [2.24, 2.45) is 17.2 Å². The molecule has 10 aromatic rings. The molecule has 0 aliphatic heterocycles. The molecule has 0 radical (unpaired) electrons. The molecule has 0 bridgehead atoms. The van der Waals surface area contributed by atoms with E-state index in [1.807, 2.05) is 103 Å². The van der Waals surface area contributed by atoms with Crippen LogP contribution in [0, 0.1) is 10.8 Å². The lowest BCUT2D eigenvalue weighted by molar-refractivity contribution is -0.129. The first-order valence-corrected chi connectivity index (χ1v) is 26.4. The van der Waals surface area contributed by atoms with Gasteiger partial charge in [0, 0.05) is 58.1 Å². The van der Waals surface area contributed by atoms with Gasteiger partial charge < -0.3 is 27.3 Å². The van der Waals surface area contributed by atoms with Crippen LogP contribution in [0.3, 0.4) is 0 Å². The van der Waals surface area contributed by atoms with Crippen LogP contribution in [0.25, 0.3) is 66.8 Å². The lowest BCUT2D eigenvalue weighted by Gasteiger charge is -2.43. The first-order valence-electron chi connectivity index (χ1n) is 26.4. The monoisotopic (exact) mass is 1110 g/mol. The quantitative estimate of drug-likeness (QED) is 0.0629. The fourth-order valence-electron chi connectivity index (χ4n) is 10.3. The average molecular weight is 1110 g/mol. The van der Waals surface area contributed by atoms with Gasteiger partial charge in [-0.1, -0.05) is 136 Å². The smallest absolute Gasteiger partial charge is 0.325 e. The van der Waals surface area contributed by atoms with Gasteiger partial charge in [0.05, 0.1) is 45.4 Å². The molecule has 2 aliphatic carbocycles. The van der Waals surface area contributed by atoms with Crippen LogP contribution >= 0.6 is 0 Å². The fraction of sp³-hybridized carbons (Fsp3) is 0.182. The molecular formula is C66H66N12O5. The summed E-state index contributed by atoms with van der Waals surface area (Å²) in [4.78, 5) is 64.6. The van der Waals surface area contributed by atoms with Gasteiger partial charge in [-0.15, -0.1) is 0 Å². The second-order valence-corrected chi connectivity index (χ2v) is 20.0. The maximum absolute atomic E-state index is 12.9. The van der Waals surface area contributed by atoms with Crippen molar-refractivity contribution in [3.05, 3.63) is 228 Å². The summed E-state index contributed by atoms with van der Waals surface area (Å²) in [5.74, 6) is -0.0177. The SMILES string of the molecule is C.C.N=c1ccc2nc(-c3ccc(C4(N)CCC4)cc3)c(-c3ccccc3)cc2n1C(N)=O.N=c1ccc2nc(-c3ccc(C4(NC(=O)Cc5cccnc5)CCC4)cc3)c(-c3ccccc3)cc2n1C(N)=O.O=COCc1cccnc1. The number of hydrogen-bond acceptors (Lipinski definition) is 12. The van der Waals surface area contributed by atoms with Crippen molar-refractivity contribution in [1.29, 1.82) is 10.8 Å². The number of amides is 3. The fourth-order valence-corrected chi connectivity index (χ4v) is 10.3. The number of nitrogens with two attached hydrogens (primary N) is 3. The van der Waals surface area contributed by atoms with E-state index in [0.717, 1.165) is 104 Å². The van der Waals surface area contributed by atoms with E-state index in [1.54, 1.807) is 43.0 Å². The van der Waals surface area contributed by atoms with E-state index in [-0.39, 0.29) is 42.8 Å². The van der Waals surface area contributed by atoms with Crippen molar-refractivity contribution >= 4 is 46.5 Å². The molecule has 9 N–H and O–H groups in total. The number of nitrogens with one attached hydrogen (secondary N) is 3. The molecule has 420 valence electrons. The first kappa shape index (κ1) is 58.9. The van der Waals surface area contributed by atoms with Crippen molar-refractivity contribution in [3.8, 4) is 44.8 Å². The number of rotatable bonds is 12. The average Bonchev–Trinajstić information content (AvgIpc) is 2.28. The zero-order valence-corrected chi connectivity index (χ0v) is 44.2. The number of pyridine rings is 6. The Bertz CT molecular complexity index is 4040. The van der Waals surface area contributed by atoms with E-state index in [9.17, 15) is 19.2 Å². The summed E-state index contributed by atoms with van der Waals surface area (Å²) < 4.78 is 6.84. The van der Waals surface area contributed by atoms with Crippen molar-refractivity contribution < 1.29 is 23.9 Å². The summed E-state index contributed by atoms with van der Waals surface area (Å²) in [5, 5.41) is 19.6. The predicted octanol–water partition coefficient (Wildman–Crippen LogP) is 11.1. The molecule has 2 fully saturated rings. The Morgan fingerprint density at radius 1 is 0.566 bits per heavy atom. The van der Waals surface area contributed by atoms with Gasteiger partial charge in [0.25, 0.3) is 6.47 Å². The van der Waals surface area contributed by atoms with Crippen LogP contribution in [0.5, 0.6) is 0 Å². The molecule has 4 aromatic carbocycles. The summed E-state index contributed by atoms with van der Waals surface area (Å²) >= 11 is 0. The zero-order valence-electron chi connectivity index (χ0n) is 44.2. The highest BCUT2D eigenvalue weighted by Crippen LogP contribution is 2.43. The van der Waals surface area contributed by atoms with E-state index in [1.165, 1.54) is 23.1 Å². The number of aromatic nitrogens is 6. The molecule has 17 heteroatoms. The van der Waals surface area contributed by atoms with Gasteiger partial charge in [0.15, 0.2) is 0 Å². The molecule has 3 amide bonds.